The average molecular weight is 386 g/mol. The van der Waals surface area contributed by atoms with Gasteiger partial charge < -0.3 is 5.32 Å². The molecule has 1 unspecified atom stereocenters. The highest BCUT2D eigenvalue weighted by molar-refractivity contribution is 8.00. The molecule has 2 rings (SSSR count). The monoisotopic (exact) mass is 385 g/mol. The summed E-state index contributed by atoms with van der Waals surface area (Å²) in [5.41, 5.74) is 0. The molecule has 0 radical (unpaired) electrons. The largest absolute Gasteiger partial charge is 0.355 e. The van der Waals surface area contributed by atoms with Crippen LogP contribution in [0.4, 0.5) is 0 Å². The quantitative estimate of drug-likeness (QED) is 0.730. The maximum absolute atomic E-state index is 12.8. The van der Waals surface area contributed by atoms with Crippen LogP contribution in [0.15, 0.2) is 28.3 Å². The lowest BCUT2D eigenvalue weighted by Gasteiger charge is -2.30. The molecule has 6 nitrogen and oxygen atoms in total. The summed E-state index contributed by atoms with van der Waals surface area (Å²) in [4.78, 5) is 16.2. The molecule has 0 bridgehead atoms. The van der Waals surface area contributed by atoms with E-state index in [4.69, 9.17) is 0 Å². The van der Waals surface area contributed by atoms with Crippen molar-refractivity contribution in [1.29, 1.82) is 0 Å². The van der Waals surface area contributed by atoms with E-state index in [-0.39, 0.29) is 22.1 Å². The molecule has 25 heavy (non-hydrogen) atoms. The van der Waals surface area contributed by atoms with Crippen LogP contribution in [0.3, 0.4) is 0 Å². The first-order valence-corrected chi connectivity index (χ1v) is 11.1. The zero-order valence-electron chi connectivity index (χ0n) is 15.1. The van der Waals surface area contributed by atoms with E-state index < -0.39 is 10.0 Å². The van der Waals surface area contributed by atoms with Crippen molar-refractivity contribution in [3.05, 3.63) is 18.3 Å². The number of rotatable bonds is 7. The number of sulfonamides is 1. The van der Waals surface area contributed by atoms with Crippen molar-refractivity contribution in [2.75, 3.05) is 13.6 Å². The fraction of sp³-hybridized carbons (Fsp3) is 0.647. The van der Waals surface area contributed by atoms with Crippen LogP contribution in [0.25, 0.3) is 0 Å². The number of nitrogens with one attached hydrogen (secondary N) is 1. The Hall–Kier alpha value is -1.12. The molecule has 1 aliphatic rings. The summed E-state index contributed by atoms with van der Waals surface area (Å²) in [5.74, 6) is -0.0528. The number of nitrogens with zero attached hydrogens (tertiary/aromatic N) is 2. The summed E-state index contributed by atoms with van der Waals surface area (Å²) in [6.07, 6.45) is 6.57. The maximum Gasteiger partial charge on any atom is 0.244 e. The normalized spacial score (nSPS) is 17.4. The molecule has 0 aliphatic heterocycles. The van der Waals surface area contributed by atoms with Crippen LogP contribution in [-0.2, 0) is 14.8 Å². The van der Waals surface area contributed by atoms with Crippen LogP contribution in [0.5, 0.6) is 0 Å². The lowest BCUT2D eigenvalue weighted by Crippen LogP contribution is -2.38. The van der Waals surface area contributed by atoms with Gasteiger partial charge in [-0.25, -0.2) is 13.4 Å². The SMILES string of the molecule is CCNC(=O)C(C)Sc1ccc(S(=O)(=O)N(C)C2CCCCC2)cn1. The molecule has 1 fully saturated rings. The summed E-state index contributed by atoms with van der Waals surface area (Å²) >= 11 is 1.32. The van der Waals surface area contributed by atoms with Crippen LogP contribution >= 0.6 is 11.8 Å². The minimum Gasteiger partial charge on any atom is -0.355 e. The van der Waals surface area contributed by atoms with E-state index in [0.29, 0.717) is 11.6 Å². The van der Waals surface area contributed by atoms with Crippen molar-refractivity contribution in [1.82, 2.24) is 14.6 Å². The van der Waals surface area contributed by atoms with Gasteiger partial charge in [0.05, 0.1) is 10.3 Å². The minimum atomic E-state index is -3.53. The van der Waals surface area contributed by atoms with Crippen LogP contribution in [0, 0.1) is 0 Å². The predicted octanol–water partition coefficient (Wildman–Crippen LogP) is 2.65. The molecule has 1 amide bonds. The van der Waals surface area contributed by atoms with E-state index in [1.165, 1.54) is 28.7 Å². The highest BCUT2D eigenvalue weighted by atomic mass is 32.2. The Bertz CT molecular complexity index is 671. The maximum atomic E-state index is 12.8. The summed E-state index contributed by atoms with van der Waals surface area (Å²) < 4.78 is 27.0. The molecular weight excluding hydrogens is 358 g/mol. The highest BCUT2D eigenvalue weighted by Crippen LogP contribution is 2.27. The first kappa shape index (κ1) is 20.2. The molecule has 1 aromatic heterocycles. The minimum absolute atomic E-state index is 0.0528. The van der Waals surface area contributed by atoms with Crippen LogP contribution in [0.2, 0.25) is 0 Å². The standard InChI is InChI=1S/C17H27N3O3S2/c1-4-18-17(21)13(2)24-16-11-10-15(12-19-16)25(22,23)20(3)14-8-6-5-7-9-14/h10-14H,4-9H2,1-3H3,(H,18,21). The van der Waals surface area contributed by atoms with Crippen molar-refractivity contribution in [2.24, 2.45) is 0 Å². The van der Waals surface area contributed by atoms with Gasteiger partial charge in [-0.1, -0.05) is 31.0 Å². The zero-order valence-corrected chi connectivity index (χ0v) is 16.7. The third kappa shape index (κ3) is 5.18. The van der Waals surface area contributed by atoms with Crippen LogP contribution in [0.1, 0.15) is 46.0 Å². The lowest BCUT2D eigenvalue weighted by atomic mass is 9.96. The number of carbonyl (C=O) groups is 1. The van der Waals surface area contributed by atoms with Crippen molar-refractivity contribution >= 4 is 27.7 Å². The number of hydrogen-bond acceptors (Lipinski definition) is 5. The van der Waals surface area contributed by atoms with Gasteiger partial charge in [0.15, 0.2) is 0 Å². The Morgan fingerprint density at radius 2 is 2.04 bits per heavy atom. The Kier molecular flexibility index (Phi) is 7.27. The van der Waals surface area contributed by atoms with Crippen LogP contribution in [-0.4, -0.2) is 48.5 Å². The summed E-state index contributed by atoms with van der Waals surface area (Å²) in [7, 11) is -1.87. The predicted molar refractivity (Wildman–Crippen MR) is 100 cm³/mol. The van der Waals surface area contributed by atoms with Gasteiger partial charge in [-0.3, -0.25) is 4.79 Å². The van der Waals surface area contributed by atoms with Gasteiger partial charge in [0.1, 0.15) is 4.90 Å². The van der Waals surface area contributed by atoms with E-state index in [9.17, 15) is 13.2 Å². The summed E-state index contributed by atoms with van der Waals surface area (Å²) in [6, 6.07) is 3.32. The first-order valence-electron chi connectivity index (χ1n) is 8.74. The fourth-order valence-electron chi connectivity index (χ4n) is 2.95. The Labute approximate surface area is 154 Å². The van der Waals surface area contributed by atoms with Gasteiger partial charge in [-0.2, -0.15) is 4.31 Å². The van der Waals surface area contributed by atoms with Crippen molar-refractivity contribution < 1.29 is 13.2 Å². The van der Waals surface area contributed by atoms with Gasteiger partial charge in [-0.05, 0) is 38.8 Å². The number of amides is 1. The van der Waals surface area contributed by atoms with Gasteiger partial charge in [0.25, 0.3) is 0 Å². The fourth-order valence-corrected chi connectivity index (χ4v) is 5.12. The second-order valence-corrected chi connectivity index (χ2v) is 9.66. The Morgan fingerprint density at radius 3 is 2.60 bits per heavy atom. The van der Waals surface area contributed by atoms with Gasteiger partial charge in [0.2, 0.25) is 15.9 Å². The molecule has 1 heterocycles. The molecule has 1 atom stereocenters. The summed E-state index contributed by atoms with van der Waals surface area (Å²) in [5, 5.41) is 3.12. The third-order valence-corrected chi connectivity index (χ3v) is 7.44. The lowest BCUT2D eigenvalue weighted by molar-refractivity contribution is -0.120. The number of carbonyl (C=O) groups excluding carboxylic acids is 1. The van der Waals surface area contributed by atoms with Gasteiger partial charge in [0, 0.05) is 25.8 Å². The average Bonchev–Trinajstić information content (AvgIpc) is 2.62. The Morgan fingerprint density at radius 1 is 1.36 bits per heavy atom. The van der Waals surface area contributed by atoms with Crippen molar-refractivity contribution in [3.63, 3.8) is 0 Å². The topological polar surface area (TPSA) is 79.4 Å². The van der Waals surface area contributed by atoms with E-state index in [1.807, 2.05) is 6.92 Å². The van der Waals surface area contributed by atoms with Gasteiger partial charge in [-0.15, -0.1) is 0 Å². The van der Waals surface area contributed by atoms with Gasteiger partial charge >= 0.3 is 0 Å². The van der Waals surface area contributed by atoms with Crippen LogP contribution < -0.4 is 5.32 Å². The second kappa shape index (κ2) is 9.00. The highest BCUT2D eigenvalue weighted by Gasteiger charge is 2.29. The smallest absolute Gasteiger partial charge is 0.244 e. The van der Waals surface area contributed by atoms with E-state index in [1.54, 1.807) is 26.1 Å². The van der Waals surface area contributed by atoms with E-state index in [0.717, 1.165) is 25.7 Å². The second-order valence-electron chi connectivity index (χ2n) is 6.30. The molecule has 140 valence electrons. The molecule has 8 heteroatoms. The van der Waals surface area contributed by atoms with Crippen molar-refractivity contribution in [3.8, 4) is 0 Å². The molecule has 0 aromatic carbocycles. The summed E-state index contributed by atoms with van der Waals surface area (Å²) in [6.45, 7) is 4.26. The number of thioether (sulfide) groups is 1. The number of aromatic nitrogens is 1. The molecule has 0 saturated heterocycles. The molecular formula is C17H27N3O3S2. The third-order valence-electron chi connectivity index (χ3n) is 4.49. The van der Waals surface area contributed by atoms with Crippen molar-refractivity contribution in [2.45, 2.75) is 67.2 Å². The number of hydrogen-bond donors (Lipinski definition) is 1. The molecule has 1 aliphatic carbocycles. The Balaban J connectivity index is 2.06. The molecule has 0 spiro atoms. The van der Waals surface area contributed by atoms with E-state index in [2.05, 4.69) is 10.3 Å². The molecule has 1 aromatic rings. The van der Waals surface area contributed by atoms with E-state index >= 15 is 0 Å². The number of pyridine rings is 1. The molecule has 1 saturated carbocycles. The first-order chi connectivity index (χ1) is 11.9. The zero-order chi connectivity index (χ0) is 18.4. The molecule has 1 N–H and O–H groups in total.